The summed E-state index contributed by atoms with van der Waals surface area (Å²) in [5.41, 5.74) is 0. The van der Waals surface area contributed by atoms with Gasteiger partial charge in [-0.3, -0.25) is 14.4 Å². The Labute approximate surface area is 363 Å². The maximum absolute atomic E-state index is 12.7. The van der Waals surface area contributed by atoms with E-state index in [2.05, 4.69) is 106 Å². The summed E-state index contributed by atoms with van der Waals surface area (Å²) in [5.74, 6) is -0.955. The molecule has 0 rings (SSSR count). The van der Waals surface area contributed by atoms with Crippen LogP contribution in [0.1, 0.15) is 213 Å². The summed E-state index contributed by atoms with van der Waals surface area (Å²) < 4.78 is 16.7. The Hall–Kier alpha value is -3.41. The van der Waals surface area contributed by atoms with Crippen molar-refractivity contribution in [2.45, 2.75) is 219 Å². The second kappa shape index (κ2) is 47.3. The van der Waals surface area contributed by atoms with E-state index in [1.807, 2.05) is 0 Å². The molecule has 0 saturated heterocycles. The third kappa shape index (κ3) is 45.5. The first-order valence-electron chi connectivity index (χ1n) is 24.1. The van der Waals surface area contributed by atoms with E-state index in [0.29, 0.717) is 19.3 Å². The molecule has 0 saturated carbocycles. The van der Waals surface area contributed by atoms with Crippen molar-refractivity contribution in [1.29, 1.82) is 0 Å². The molecule has 0 bridgehead atoms. The lowest BCUT2D eigenvalue weighted by Crippen LogP contribution is -2.30. The first-order valence-corrected chi connectivity index (χ1v) is 24.1. The number of allylic oxidation sites excluding steroid dienone is 14. The number of ether oxygens (including phenoxy) is 3. The third-order valence-corrected chi connectivity index (χ3v) is 9.83. The SMILES string of the molecule is CC/C=C\C/C=C\C/C=C\C/C=C\C/C=C\CCCCCC(=O)OCC(COC(=O)CCCCCCC/C=C\CCC)OC(=O)CCCCCCC/C=C\CCCCC. The lowest BCUT2D eigenvalue weighted by Gasteiger charge is -2.18. The van der Waals surface area contributed by atoms with Crippen LogP contribution in [0.2, 0.25) is 0 Å². The summed E-state index contributed by atoms with van der Waals surface area (Å²) in [7, 11) is 0. The molecule has 0 aliphatic rings. The molecule has 336 valence electrons. The number of hydrogen-bond donors (Lipinski definition) is 0. The van der Waals surface area contributed by atoms with Crippen molar-refractivity contribution in [3.63, 3.8) is 0 Å². The summed E-state index contributed by atoms with van der Waals surface area (Å²) in [6, 6.07) is 0. The number of carbonyl (C=O) groups excluding carboxylic acids is 3. The molecule has 0 heterocycles. The van der Waals surface area contributed by atoms with Crippen molar-refractivity contribution < 1.29 is 28.6 Å². The number of rotatable bonds is 42. The fourth-order valence-corrected chi connectivity index (χ4v) is 6.23. The molecular weight excluding hydrogens is 733 g/mol. The van der Waals surface area contributed by atoms with E-state index in [4.69, 9.17) is 14.2 Å². The smallest absolute Gasteiger partial charge is 0.306 e. The van der Waals surface area contributed by atoms with Gasteiger partial charge in [0.15, 0.2) is 6.10 Å². The van der Waals surface area contributed by atoms with E-state index in [1.54, 1.807) is 0 Å². The highest BCUT2D eigenvalue weighted by molar-refractivity contribution is 5.71. The molecule has 0 N–H and O–H groups in total. The first kappa shape index (κ1) is 55.6. The molecule has 1 unspecified atom stereocenters. The van der Waals surface area contributed by atoms with Crippen molar-refractivity contribution >= 4 is 17.9 Å². The Bertz CT molecular complexity index is 1170. The van der Waals surface area contributed by atoms with Gasteiger partial charge in [-0.25, -0.2) is 0 Å². The van der Waals surface area contributed by atoms with Gasteiger partial charge in [0.05, 0.1) is 0 Å². The topological polar surface area (TPSA) is 78.9 Å². The van der Waals surface area contributed by atoms with E-state index in [0.717, 1.165) is 128 Å². The van der Waals surface area contributed by atoms with Crippen molar-refractivity contribution in [3.05, 3.63) is 85.1 Å². The molecule has 0 aromatic heterocycles. The highest BCUT2D eigenvalue weighted by atomic mass is 16.6. The number of hydrogen-bond acceptors (Lipinski definition) is 6. The van der Waals surface area contributed by atoms with E-state index in [-0.39, 0.29) is 31.1 Å². The fraction of sp³-hybridized carbons (Fsp3) is 0.679. The van der Waals surface area contributed by atoms with E-state index in [9.17, 15) is 14.4 Å². The molecule has 59 heavy (non-hydrogen) atoms. The molecule has 0 radical (unpaired) electrons. The molecule has 0 aliphatic heterocycles. The average Bonchev–Trinajstić information content (AvgIpc) is 3.23. The van der Waals surface area contributed by atoms with Crippen LogP contribution in [0.25, 0.3) is 0 Å². The van der Waals surface area contributed by atoms with Gasteiger partial charge in [0.1, 0.15) is 13.2 Å². The minimum Gasteiger partial charge on any atom is -0.462 e. The third-order valence-electron chi connectivity index (χ3n) is 9.83. The molecule has 0 fully saturated rings. The normalized spacial score (nSPS) is 12.8. The quantitative estimate of drug-likeness (QED) is 0.0264. The summed E-state index contributed by atoms with van der Waals surface area (Å²) >= 11 is 0. The zero-order valence-electron chi connectivity index (χ0n) is 38.2. The summed E-state index contributed by atoms with van der Waals surface area (Å²) in [4.78, 5) is 37.8. The zero-order chi connectivity index (χ0) is 43.0. The number of unbranched alkanes of at least 4 members (excludes halogenated alkanes) is 17. The van der Waals surface area contributed by atoms with Crippen molar-refractivity contribution in [2.75, 3.05) is 13.2 Å². The van der Waals surface area contributed by atoms with E-state index in [1.165, 1.54) is 44.9 Å². The lowest BCUT2D eigenvalue weighted by molar-refractivity contribution is -0.167. The Morgan fingerprint density at radius 2 is 0.695 bits per heavy atom. The van der Waals surface area contributed by atoms with Crippen LogP contribution in [0, 0.1) is 0 Å². The predicted octanol–water partition coefficient (Wildman–Crippen LogP) is 15.6. The van der Waals surface area contributed by atoms with Gasteiger partial charge < -0.3 is 14.2 Å². The van der Waals surface area contributed by atoms with Gasteiger partial charge in [0.25, 0.3) is 0 Å². The highest BCUT2D eigenvalue weighted by Crippen LogP contribution is 2.13. The molecule has 0 aromatic carbocycles. The number of esters is 3. The summed E-state index contributed by atoms with van der Waals surface area (Å²) in [6.07, 6.45) is 59.9. The van der Waals surface area contributed by atoms with E-state index < -0.39 is 6.10 Å². The van der Waals surface area contributed by atoms with Crippen LogP contribution in [0.15, 0.2) is 85.1 Å². The Kier molecular flexibility index (Phi) is 44.5. The molecular formula is C53H88O6. The van der Waals surface area contributed by atoms with Crippen LogP contribution in [0.5, 0.6) is 0 Å². The second-order valence-electron chi connectivity index (χ2n) is 15.6. The van der Waals surface area contributed by atoms with Crippen LogP contribution in [-0.4, -0.2) is 37.2 Å². The van der Waals surface area contributed by atoms with Gasteiger partial charge in [-0.05, 0) is 109 Å². The van der Waals surface area contributed by atoms with Crippen LogP contribution >= 0.6 is 0 Å². The van der Waals surface area contributed by atoms with Crippen LogP contribution in [0.3, 0.4) is 0 Å². The summed E-state index contributed by atoms with van der Waals surface area (Å²) in [5, 5.41) is 0. The molecule has 0 amide bonds. The maximum Gasteiger partial charge on any atom is 0.306 e. The van der Waals surface area contributed by atoms with Crippen LogP contribution < -0.4 is 0 Å². The van der Waals surface area contributed by atoms with Gasteiger partial charge >= 0.3 is 17.9 Å². The average molecular weight is 821 g/mol. The molecule has 6 nitrogen and oxygen atoms in total. The molecule has 6 heteroatoms. The predicted molar refractivity (Wildman–Crippen MR) is 251 cm³/mol. The zero-order valence-corrected chi connectivity index (χ0v) is 38.2. The van der Waals surface area contributed by atoms with Crippen molar-refractivity contribution in [3.8, 4) is 0 Å². The van der Waals surface area contributed by atoms with E-state index >= 15 is 0 Å². The van der Waals surface area contributed by atoms with Crippen LogP contribution in [0.4, 0.5) is 0 Å². The standard InChI is InChI=1S/C53H88O6/c1-4-7-10-13-16-19-22-24-25-26-27-28-29-30-32-34-37-40-43-46-52(55)58-49-50(48-57-51(54)45-42-39-36-33-21-18-15-12-9-6-3)59-53(56)47-44-41-38-35-31-23-20-17-14-11-8-5-2/h7,10,12,15-17,19-20,24-25,27-28,30,32,50H,4-6,8-9,11,13-14,18,21-23,26,29,31,33-49H2,1-3H3/b10-7-,15-12-,19-16-,20-17-,25-24-,28-27-,32-30-. The van der Waals surface area contributed by atoms with Gasteiger partial charge in [0.2, 0.25) is 0 Å². The molecule has 0 aromatic rings. The van der Waals surface area contributed by atoms with Crippen LogP contribution in [-0.2, 0) is 28.6 Å². The first-order chi connectivity index (χ1) is 29.0. The van der Waals surface area contributed by atoms with Gasteiger partial charge in [-0.1, -0.05) is 170 Å². The molecule has 0 aliphatic carbocycles. The number of carbonyl (C=O) groups is 3. The summed E-state index contributed by atoms with van der Waals surface area (Å²) in [6.45, 7) is 6.37. The largest absolute Gasteiger partial charge is 0.462 e. The van der Waals surface area contributed by atoms with Gasteiger partial charge in [0, 0.05) is 19.3 Å². The lowest BCUT2D eigenvalue weighted by atomic mass is 10.1. The Balaban J connectivity index is 4.43. The second-order valence-corrected chi connectivity index (χ2v) is 15.6. The maximum atomic E-state index is 12.7. The monoisotopic (exact) mass is 821 g/mol. The minimum atomic E-state index is -0.796. The highest BCUT2D eigenvalue weighted by Gasteiger charge is 2.19. The molecule has 1 atom stereocenters. The van der Waals surface area contributed by atoms with Gasteiger partial charge in [-0.15, -0.1) is 0 Å². The fourth-order valence-electron chi connectivity index (χ4n) is 6.23. The minimum absolute atomic E-state index is 0.0961. The Morgan fingerprint density at radius 3 is 1.14 bits per heavy atom. The molecule has 0 spiro atoms. The van der Waals surface area contributed by atoms with Crippen molar-refractivity contribution in [2.24, 2.45) is 0 Å². The Morgan fingerprint density at radius 1 is 0.356 bits per heavy atom. The van der Waals surface area contributed by atoms with Gasteiger partial charge in [-0.2, -0.15) is 0 Å². The van der Waals surface area contributed by atoms with Crippen molar-refractivity contribution in [1.82, 2.24) is 0 Å².